The maximum atomic E-state index is 13.5. The molecule has 1 aliphatic carbocycles. The second-order valence-corrected chi connectivity index (χ2v) is 7.24. The number of carbonyl (C=O) groups is 1. The Kier molecular flexibility index (Phi) is 4.90. The first-order chi connectivity index (χ1) is 11.9. The molecule has 6 heteroatoms. The van der Waals surface area contributed by atoms with Gasteiger partial charge in [-0.2, -0.15) is 0 Å². The highest BCUT2D eigenvalue weighted by Crippen LogP contribution is 2.46. The van der Waals surface area contributed by atoms with Gasteiger partial charge in [0, 0.05) is 30.9 Å². The minimum atomic E-state index is -0.499. The molecule has 1 atom stereocenters. The summed E-state index contributed by atoms with van der Waals surface area (Å²) in [4.78, 5) is 18.8. The van der Waals surface area contributed by atoms with E-state index in [1.807, 2.05) is 32.1 Å². The number of aryl methyl sites for hydroxylation is 1. The number of halogens is 1. The highest BCUT2D eigenvalue weighted by molar-refractivity contribution is 5.83. The van der Waals surface area contributed by atoms with Crippen molar-refractivity contribution >= 4 is 5.91 Å². The second kappa shape index (κ2) is 6.96. The van der Waals surface area contributed by atoms with Crippen LogP contribution < -0.4 is 5.32 Å². The number of nitrogens with zero attached hydrogens (tertiary/aromatic N) is 3. The Bertz CT molecular complexity index is 751. The van der Waals surface area contributed by atoms with Crippen molar-refractivity contribution in [2.45, 2.75) is 32.4 Å². The molecule has 2 aromatic rings. The third-order valence-corrected chi connectivity index (χ3v) is 4.95. The number of rotatable bonds is 7. The molecule has 1 fully saturated rings. The average molecular weight is 344 g/mol. The number of carbonyl (C=O) groups excluding carboxylic acids is 1. The van der Waals surface area contributed by atoms with Crippen LogP contribution in [0.4, 0.5) is 4.39 Å². The fraction of sp³-hybridized carbons (Fsp3) is 0.474. The van der Waals surface area contributed by atoms with Gasteiger partial charge in [0.15, 0.2) is 0 Å². The zero-order chi connectivity index (χ0) is 18.0. The molecule has 0 radical (unpaired) electrons. The summed E-state index contributed by atoms with van der Waals surface area (Å²) in [6.45, 7) is 3.48. The summed E-state index contributed by atoms with van der Waals surface area (Å²) in [7, 11) is 3.66. The van der Waals surface area contributed by atoms with Gasteiger partial charge < -0.3 is 9.88 Å². The minimum Gasteiger partial charge on any atom is -0.354 e. The summed E-state index contributed by atoms with van der Waals surface area (Å²) < 4.78 is 15.7. The molecular weight excluding hydrogens is 319 g/mol. The third kappa shape index (κ3) is 4.07. The normalized spacial score (nSPS) is 16.7. The topological polar surface area (TPSA) is 50.2 Å². The molecule has 5 nitrogen and oxygen atoms in total. The monoisotopic (exact) mass is 344 g/mol. The Hall–Kier alpha value is -2.21. The van der Waals surface area contributed by atoms with Crippen molar-refractivity contribution < 1.29 is 9.18 Å². The Morgan fingerprint density at radius 2 is 2.20 bits per heavy atom. The van der Waals surface area contributed by atoms with Gasteiger partial charge in [0.1, 0.15) is 17.7 Å². The van der Waals surface area contributed by atoms with Gasteiger partial charge in [-0.1, -0.05) is 12.1 Å². The van der Waals surface area contributed by atoms with Crippen LogP contribution in [-0.2, 0) is 11.3 Å². The van der Waals surface area contributed by atoms with Gasteiger partial charge in [0.25, 0.3) is 0 Å². The molecule has 1 N–H and O–H groups in total. The zero-order valence-corrected chi connectivity index (χ0v) is 15.0. The van der Waals surface area contributed by atoms with E-state index in [0.717, 1.165) is 25.2 Å². The standard InChI is InChI=1S/C19H25FN4O/c1-14-21-9-10-24(14)13-19(7-8-19)12-22-18(25)17(23(2)3)15-5-4-6-16(20)11-15/h4-6,9-11,17H,7-8,12-13H2,1-3H3,(H,22,25). The first kappa shape index (κ1) is 17.6. The number of likely N-dealkylation sites (N-methyl/N-ethyl adjacent to an activating group) is 1. The summed E-state index contributed by atoms with van der Waals surface area (Å²) >= 11 is 0. The second-order valence-electron chi connectivity index (χ2n) is 7.24. The van der Waals surface area contributed by atoms with Crippen LogP contribution >= 0.6 is 0 Å². The molecule has 1 unspecified atom stereocenters. The van der Waals surface area contributed by atoms with E-state index in [1.165, 1.54) is 12.1 Å². The lowest BCUT2D eigenvalue weighted by atomic mass is 10.0. The lowest BCUT2D eigenvalue weighted by molar-refractivity contribution is -0.126. The molecule has 0 saturated heterocycles. The van der Waals surface area contributed by atoms with Crippen LogP contribution in [-0.4, -0.2) is 41.0 Å². The number of amides is 1. The summed E-state index contributed by atoms with van der Waals surface area (Å²) in [5.41, 5.74) is 0.776. The van der Waals surface area contributed by atoms with Crippen LogP contribution in [0.1, 0.15) is 30.3 Å². The molecule has 25 heavy (non-hydrogen) atoms. The van der Waals surface area contributed by atoms with Crippen molar-refractivity contribution in [2.75, 3.05) is 20.6 Å². The van der Waals surface area contributed by atoms with Gasteiger partial charge in [0.05, 0.1) is 0 Å². The van der Waals surface area contributed by atoms with Gasteiger partial charge in [-0.3, -0.25) is 9.69 Å². The van der Waals surface area contributed by atoms with Crippen LogP contribution in [0.25, 0.3) is 0 Å². The Morgan fingerprint density at radius 3 is 2.76 bits per heavy atom. The molecular formula is C19H25FN4O. The zero-order valence-electron chi connectivity index (χ0n) is 15.0. The fourth-order valence-corrected chi connectivity index (χ4v) is 3.23. The van der Waals surface area contributed by atoms with Gasteiger partial charge in [-0.25, -0.2) is 9.37 Å². The Morgan fingerprint density at radius 1 is 1.44 bits per heavy atom. The number of hydrogen-bond acceptors (Lipinski definition) is 3. The van der Waals surface area contributed by atoms with Crippen LogP contribution in [0.15, 0.2) is 36.7 Å². The summed E-state index contributed by atoms with van der Waals surface area (Å²) in [6, 6.07) is 5.74. The van der Waals surface area contributed by atoms with Gasteiger partial charge in [-0.15, -0.1) is 0 Å². The van der Waals surface area contributed by atoms with E-state index in [1.54, 1.807) is 18.3 Å². The van der Waals surface area contributed by atoms with Crippen molar-refractivity contribution in [3.63, 3.8) is 0 Å². The van der Waals surface area contributed by atoms with E-state index in [9.17, 15) is 9.18 Å². The largest absolute Gasteiger partial charge is 0.354 e. The molecule has 1 aliphatic rings. The summed E-state index contributed by atoms with van der Waals surface area (Å²) in [5, 5.41) is 3.08. The number of benzene rings is 1. The number of aromatic nitrogens is 2. The molecule has 1 saturated carbocycles. The molecule has 1 heterocycles. The highest BCUT2D eigenvalue weighted by Gasteiger charge is 2.43. The maximum Gasteiger partial charge on any atom is 0.241 e. The first-order valence-corrected chi connectivity index (χ1v) is 8.58. The Balaban J connectivity index is 1.65. The first-order valence-electron chi connectivity index (χ1n) is 8.58. The number of imidazole rings is 1. The van der Waals surface area contributed by atoms with Crippen LogP contribution in [0.2, 0.25) is 0 Å². The molecule has 0 bridgehead atoms. The molecule has 1 aromatic heterocycles. The van der Waals surface area contributed by atoms with Gasteiger partial charge >= 0.3 is 0 Å². The van der Waals surface area contributed by atoms with Gasteiger partial charge in [0.2, 0.25) is 5.91 Å². The van der Waals surface area contributed by atoms with E-state index < -0.39 is 6.04 Å². The number of nitrogens with one attached hydrogen (secondary N) is 1. The predicted octanol–water partition coefficient (Wildman–Crippen LogP) is 2.53. The molecule has 3 rings (SSSR count). The van der Waals surface area contributed by atoms with E-state index >= 15 is 0 Å². The SMILES string of the molecule is Cc1nccn1CC1(CNC(=O)C(c2cccc(F)c2)N(C)C)CC1. The maximum absolute atomic E-state index is 13.5. The van der Waals surface area contributed by atoms with Crippen LogP contribution in [0, 0.1) is 18.2 Å². The van der Waals surface area contributed by atoms with Crippen molar-refractivity contribution in [1.29, 1.82) is 0 Å². The van der Waals surface area contributed by atoms with Crippen molar-refractivity contribution in [3.05, 3.63) is 53.9 Å². The summed E-state index contributed by atoms with van der Waals surface area (Å²) in [6.07, 6.45) is 5.97. The minimum absolute atomic E-state index is 0.0933. The smallest absolute Gasteiger partial charge is 0.241 e. The van der Waals surface area contributed by atoms with Crippen molar-refractivity contribution in [1.82, 2.24) is 19.8 Å². The quantitative estimate of drug-likeness (QED) is 0.840. The lowest BCUT2D eigenvalue weighted by Gasteiger charge is -2.25. The van der Waals surface area contributed by atoms with E-state index in [2.05, 4.69) is 14.9 Å². The fourth-order valence-electron chi connectivity index (χ4n) is 3.23. The molecule has 1 aromatic carbocycles. The highest BCUT2D eigenvalue weighted by atomic mass is 19.1. The van der Waals surface area contributed by atoms with Crippen LogP contribution in [0.3, 0.4) is 0 Å². The average Bonchev–Trinajstić information content (AvgIpc) is 3.21. The third-order valence-electron chi connectivity index (χ3n) is 4.95. The van der Waals surface area contributed by atoms with Gasteiger partial charge in [-0.05, 0) is 51.6 Å². The van der Waals surface area contributed by atoms with Crippen molar-refractivity contribution in [2.24, 2.45) is 5.41 Å². The van der Waals surface area contributed by atoms with E-state index in [0.29, 0.717) is 12.1 Å². The van der Waals surface area contributed by atoms with E-state index in [4.69, 9.17) is 0 Å². The molecule has 0 aliphatic heterocycles. The van der Waals surface area contributed by atoms with E-state index in [-0.39, 0.29) is 17.1 Å². The molecule has 134 valence electrons. The number of hydrogen-bond donors (Lipinski definition) is 1. The summed E-state index contributed by atoms with van der Waals surface area (Å²) in [5.74, 6) is 0.569. The van der Waals surface area contributed by atoms with Crippen molar-refractivity contribution in [3.8, 4) is 0 Å². The Labute approximate surface area is 147 Å². The molecule has 1 amide bonds. The van der Waals surface area contributed by atoms with Crippen LogP contribution in [0.5, 0.6) is 0 Å². The molecule has 0 spiro atoms. The lowest BCUT2D eigenvalue weighted by Crippen LogP contribution is -2.40. The predicted molar refractivity (Wildman–Crippen MR) is 94.5 cm³/mol.